The third-order valence-corrected chi connectivity index (χ3v) is 6.18. The van der Waals surface area contributed by atoms with Gasteiger partial charge >= 0.3 is 0 Å². The van der Waals surface area contributed by atoms with E-state index < -0.39 is 0 Å². The summed E-state index contributed by atoms with van der Waals surface area (Å²) in [7, 11) is 0. The highest BCUT2D eigenvalue weighted by Crippen LogP contribution is 2.62. The van der Waals surface area contributed by atoms with E-state index in [1.807, 2.05) is 6.07 Å². The van der Waals surface area contributed by atoms with Gasteiger partial charge in [-0.3, -0.25) is 0 Å². The molecule has 0 aliphatic heterocycles. The van der Waals surface area contributed by atoms with Crippen LogP contribution in [0.25, 0.3) is 11.0 Å². The van der Waals surface area contributed by atoms with E-state index in [4.69, 9.17) is 0 Å². The van der Waals surface area contributed by atoms with Crippen molar-refractivity contribution in [2.45, 2.75) is 52.6 Å². The number of imidazole rings is 1. The molecule has 1 unspecified atom stereocenters. The van der Waals surface area contributed by atoms with Gasteiger partial charge in [-0.05, 0) is 48.1 Å². The van der Waals surface area contributed by atoms with Crippen LogP contribution in [-0.2, 0) is 6.54 Å². The molecule has 0 radical (unpaired) electrons. The van der Waals surface area contributed by atoms with E-state index in [-0.39, 0.29) is 0 Å². The number of nitrogens with zero attached hydrogens (tertiary/aromatic N) is 1. The zero-order chi connectivity index (χ0) is 14.7. The fourth-order valence-corrected chi connectivity index (χ4v) is 5.10. The average molecular weight is 283 g/mol. The normalized spacial score (nSPS) is 33.9. The molecule has 2 bridgehead atoms. The summed E-state index contributed by atoms with van der Waals surface area (Å²) in [6, 6.07) is 8.85. The number of aromatic nitrogens is 2. The molecular weight excluding hydrogens is 258 g/mol. The summed E-state index contributed by atoms with van der Waals surface area (Å²) in [6.45, 7) is 8.19. The van der Waals surface area contributed by atoms with E-state index in [0.717, 1.165) is 29.3 Å². The molecule has 2 aliphatic rings. The molecule has 0 saturated heterocycles. The molecule has 4 rings (SSSR count). The van der Waals surface area contributed by atoms with Gasteiger partial charge in [0, 0.05) is 6.04 Å². The Morgan fingerprint density at radius 3 is 2.81 bits per heavy atom. The van der Waals surface area contributed by atoms with Crippen LogP contribution in [0.3, 0.4) is 0 Å². The fourth-order valence-electron chi connectivity index (χ4n) is 5.10. The van der Waals surface area contributed by atoms with Crippen LogP contribution in [-0.4, -0.2) is 16.0 Å². The molecule has 2 aliphatic carbocycles. The summed E-state index contributed by atoms with van der Waals surface area (Å²) in [6.07, 6.45) is 4.17. The lowest BCUT2D eigenvalue weighted by Gasteiger charge is -2.43. The first-order valence-electron chi connectivity index (χ1n) is 8.16. The highest BCUT2D eigenvalue weighted by Gasteiger charge is 2.58. The lowest BCUT2D eigenvalue weighted by molar-refractivity contribution is 0.107. The van der Waals surface area contributed by atoms with Crippen molar-refractivity contribution < 1.29 is 0 Å². The molecular formula is C18H25N3. The van der Waals surface area contributed by atoms with E-state index in [2.05, 4.69) is 54.3 Å². The zero-order valence-electron chi connectivity index (χ0n) is 13.2. The second-order valence-corrected chi connectivity index (χ2v) is 7.93. The third-order valence-electron chi connectivity index (χ3n) is 6.18. The maximum Gasteiger partial charge on any atom is 0.121 e. The Hall–Kier alpha value is -1.35. The van der Waals surface area contributed by atoms with Crippen molar-refractivity contribution in [3.63, 3.8) is 0 Å². The van der Waals surface area contributed by atoms with E-state index in [1.54, 1.807) is 0 Å². The van der Waals surface area contributed by atoms with Gasteiger partial charge in [-0.15, -0.1) is 0 Å². The molecule has 112 valence electrons. The number of rotatable bonds is 3. The van der Waals surface area contributed by atoms with E-state index in [1.165, 1.54) is 19.3 Å². The summed E-state index contributed by atoms with van der Waals surface area (Å²) in [5.74, 6) is 1.94. The first kappa shape index (κ1) is 13.3. The number of nitrogens with one attached hydrogen (secondary N) is 2. The molecule has 3 nitrogen and oxygen atoms in total. The molecule has 2 N–H and O–H groups in total. The van der Waals surface area contributed by atoms with Gasteiger partial charge < -0.3 is 10.3 Å². The van der Waals surface area contributed by atoms with Crippen LogP contribution in [0, 0.1) is 16.7 Å². The van der Waals surface area contributed by atoms with Crippen molar-refractivity contribution in [3.8, 4) is 0 Å². The van der Waals surface area contributed by atoms with Gasteiger partial charge in [0.25, 0.3) is 0 Å². The predicted molar refractivity (Wildman–Crippen MR) is 86.0 cm³/mol. The fraction of sp³-hybridized carbons (Fsp3) is 0.611. The summed E-state index contributed by atoms with van der Waals surface area (Å²) < 4.78 is 0. The average Bonchev–Trinajstić information content (AvgIpc) is 3.06. The number of benzene rings is 1. The quantitative estimate of drug-likeness (QED) is 0.898. The van der Waals surface area contributed by atoms with Gasteiger partial charge in [-0.25, -0.2) is 4.98 Å². The minimum absolute atomic E-state index is 0.402. The Balaban J connectivity index is 1.54. The van der Waals surface area contributed by atoms with Crippen LogP contribution in [0.15, 0.2) is 24.3 Å². The topological polar surface area (TPSA) is 40.7 Å². The van der Waals surface area contributed by atoms with Gasteiger partial charge in [0.1, 0.15) is 5.82 Å². The lowest BCUT2D eigenvalue weighted by atomic mass is 9.68. The number of aromatic amines is 1. The standard InChI is InChI=1S/C18H25N3/c1-17(2)12-8-9-18(3,10-12)16(17)19-11-15-20-13-6-4-5-7-14(13)21-15/h4-7,12,16,19H,8-11H2,1-3H3,(H,20,21)/t12-,16?,18+/m0/s1. The van der Waals surface area contributed by atoms with Crippen molar-refractivity contribution >= 4 is 11.0 Å². The highest BCUT2D eigenvalue weighted by molar-refractivity contribution is 5.74. The largest absolute Gasteiger partial charge is 0.341 e. The minimum Gasteiger partial charge on any atom is -0.341 e. The van der Waals surface area contributed by atoms with Crippen molar-refractivity contribution in [1.29, 1.82) is 0 Å². The Labute approximate surface area is 126 Å². The number of hydrogen-bond donors (Lipinski definition) is 2. The van der Waals surface area contributed by atoms with Crippen LogP contribution in [0.2, 0.25) is 0 Å². The summed E-state index contributed by atoms with van der Waals surface area (Å²) in [5, 5.41) is 3.83. The predicted octanol–water partition coefficient (Wildman–Crippen LogP) is 3.87. The Kier molecular flexibility index (Phi) is 2.74. The van der Waals surface area contributed by atoms with Crippen LogP contribution in [0.4, 0.5) is 0 Å². The number of para-hydroxylation sites is 2. The molecule has 2 fully saturated rings. The van der Waals surface area contributed by atoms with E-state index in [0.29, 0.717) is 16.9 Å². The molecule has 1 aromatic heterocycles. The molecule has 0 amide bonds. The molecule has 1 heterocycles. The Bertz CT molecular complexity index is 634. The molecule has 21 heavy (non-hydrogen) atoms. The second kappa shape index (κ2) is 4.33. The Morgan fingerprint density at radius 1 is 1.29 bits per heavy atom. The monoisotopic (exact) mass is 283 g/mol. The maximum absolute atomic E-state index is 4.69. The van der Waals surface area contributed by atoms with Gasteiger partial charge in [0.05, 0.1) is 17.6 Å². The summed E-state index contributed by atoms with van der Waals surface area (Å²) >= 11 is 0. The van der Waals surface area contributed by atoms with E-state index >= 15 is 0 Å². The van der Waals surface area contributed by atoms with Crippen molar-refractivity contribution in [3.05, 3.63) is 30.1 Å². The first-order valence-corrected chi connectivity index (χ1v) is 8.16. The first-order chi connectivity index (χ1) is 9.99. The number of fused-ring (bicyclic) bond motifs is 3. The zero-order valence-corrected chi connectivity index (χ0v) is 13.2. The van der Waals surface area contributed by atoms with Gasteiger partial charge in [0.15, 0.2) is 0 Å². The third kappa shape index (κ3) is 1.94. The van der Waals surface area contributed by atoms with Gasteiger partial charge in [-0.2, -0.15) is 0 Å². The van der Waals surface area contributed by atoms with Crippen molar-refractivity contribution in [2.75, 3.05) is 0 Å². The van der Waals surface area contributed by atoms with Gasteiger partial charge in [-0.1, -0.05) is 32.9 Å². The maximum atomic E-state index is 4.69. The smallest absolute Gasteiger partial charge is 0.121 e. The molecule has 3 heteroatoms. The minimum atomic E-state index is 0.402. The van der Waals surface area contributed by atoms with Crippen molar-refractivity contribution in [2.24, 2.45) is 16.7 Å². The SMILES string of the molecule is CC1(C)C(NCc2nc3ccccc3[nH]2)[C@]2(C)CC[C@H]1C2. The lowest BCUT2D eigenvalue weighted by Crippen LogP contribution is -2.50. The second-order valence-electron chi connectivity index (χ2n) is 7.93. The van der Waals surface area contributed by atoms with E-state index in [9.17, 15) is 0 Å². The van der Waals surface area contributed by atoms with Crippen LogP contribution >= 0.6 is 0 Å². The van der Waals surface area contributed by atoms with Crippen LogP contribution < -0.4 is 5.32 Å². The van der Waals surface area contributed by atoms with Crippen LogP contribution in [0.5, 0.6) is 0 Å². The molecule has 3 atom stereocenters. The summed E-state index contributed by atoms with van der Waals surface area (Å²) in [5.41, 5.74) is 3.07. The molecule has 0 spiro atoms. The molecule has 1 aromatic carbocycles. The van der Waals surface area contributed by atoms with Crippen molar-refractivity contribution in [1.82, 2.24) is 15.3 Å². The number of hydrogen-bond acceptors (Lipinski definition) is 2. The number of H-pyrrole nitrogens is 1. The van der Waals surface area contributed by atoms with Crippen LogP contribution in [0.1, 0.15) is 45.9 Å². The summed E-state index contributed by atoms with van der Waals surface area (Å²) in [4.78, 5) is 8.12. The Morgan fingerprint density at radius 2 is 2.10 bits per heavy atom. The van der Waals surface area contributed by atoms with Gasteiger partial charge in [0.2, 0.25) is 0 Å². The highest BCUT2D eigenvalue weighted by atomic mass is 15.0. The molecule has 2 saturated carbocycles. The molecule has 2 aromatic rings.